The molecule has 0 aliphatic heterocycles. The van der Waals surface area contributed by atoms with Crippen molar-refractivity contribution in [1.29, 1.82) is 5.26 Å². The largest absolute Gasteiger partial charge is 0.360 e. The van der Waals surface area contributed by atoms with Crippen molar-refractivity contribution in [3.63, 3.8) is 0 Å². The molecule has 2 heterocycles. The van der Waals surface area contributed by atoms with Gasteiger partial charge in [0.2, 0.25) is 5.91 Å². The van der Waals surface area contributed by atoms with Gasteiger partial charge < -0.3 is 9.84 Å². The number of aryl methyl sites for hydroxylation is 2. The minimum Gasteiger partial charge on any atom is -0.360 e. The Morgan fingerprint density at radius 1 is 1.21 bits per heavy atom. The Kier molecular flexibility index (Phi) is 8.31. The van der Waals surface area contributed by atoms with E-state index < -0.39 is 15.3 Å². The molecule has 0 aliphatic rings. The Hall–Kier alpha value is -3.36. The summed E-state index contributed by atoms with van der Waals surface area (Å²) in [5, 5.41) is 15.9. The van der Waals surface area contributed by atoms with E-state index in [1.807, 2.05) is 13.0 Å². The van der Waals surface area contributed by atoms with Crippen molar-refractivity contribution in [2.24, 2.45) is 0 Å². The highest BCUT2D eigenvalue weighted by Gasteiger charge is 2.22. The lowest BCUT2D eigenvalue weighted by atomic mass is 10.2. The maximum absolute atomic E-state index is 12.9. The zero-order valence-corrected chi connectivity index (χ0v) is 20.7. The van der Waals surface area contributed by atoms with Crippen molar-refractivity contribution in [3.8, 4) is 6.07 Å². The molecule has 11 heteroatoms. The molecule has 1 amide bonds. The lowest BCUT2D eigenvalue weighted by Crippen LogP contribution is -2.25. The van der Waals surface area contributed by atoms with Crippen LogP contribution in [0.3, 0.4) is 0 Å². The molecule has 3 aromatic rings. The first-order valence-corrected chi connectivity index (χ1v) is 13.1. The van der Waals surface area contributed by atoms with Gasteiger partial charge in [-0.1, -0.05) is 37.2 Å². The van der Waals surface area contributed by atoms with Gasteiger partial charge in [-0.2, -0.15) is 5.26 Å². The molecule has 34 heavy (non-hydrogen) atoms. The number of benzene rings is 1. The molecular formula is C23H25N5O4S2. The van der Waals surface area contributed by atoms with E-state index in [9.17, 15) is 18.5 Å². The van der Waals surface area contributed by atoms with Crippen LogP contribution in [0.1, 0.15) is 43.7 Å². The molecule has 0 bridgehead atoms. The van der Waals surface area contributed by atoms with Crippen LogP contribution >= 0.6 is 11.8 Å². The first kappa shape index (κ1) is 25.3. The van der Waals surface area contributed by atoms with Gasteiger partial charge in [-0.05, 0) is 56.2 Å². The summed E-state index contributed by atoms with van der Waals surface area (Å²) in [4.78, 5) is 17.5. The molecule has 1 aromatic carbocycles. The fraction of sp³-hybridized carbons (Fsp3) is 0.304. The number of nitriles is 1. The third-order valence-corrected chi connectivity index (χ3v) is 7.50. The van der Waals surface area contributed by atoms with E-state index in [2.05, 4.69) is 33.2 Å². The van der Waals surface area contributed by atoms with Gasteiger partial charge in [0.1, 0.15) is 16.9 Å². The van der Waals surface area contributed by atoms with Crippen LogP contribution < -0.4 is 10.0 Å². The molecule has 2 N–H and O–H groups in total. The zero-order chi connectivity index (χ0) is 24.7. The Labute approximate surface area is 203 Å². The van der Waals surface area contributed by atoms with Gasteiger partial charge in [0.05, 0.1) is 15.7 Å². The number of hydrogen-bond donors (Lipinski definition) is 2. The number of carbonyl (C=O) groups is 1. The summed E-state index contributed by atoms with van der Waals surface area (Å²) in [7, 11) is -3.85. The molecule has 1 unspecified atom stereocenters. The number of rotatable bonds is 10. The summed E-state index contributed by atoms with van der Waals surface area (Å²) in [6.07, 6.45) is 2.25. The van der Waals surface area contributed by atoms with Crippen LogP contribution in [0.15, 0.2) is 56.9 Å². The maximum atomic E-state index is 12.9. The van der Waals surface area contributed by atoms with Crippen LogP contribution in [-0.4, -0.2) is 29.7 Å². The Balaban J connectivity index is 1.69. The minimum atomic E-state index is -3.85. The molecule has 3 rings (SSSR count). The predicted octanol–water partition coefficient (Wildman–Crippen LogP) is 4.51. The molecule has 0 saturated carbocycles. The van der Waals surface area contributed by atoms with Crippen molar-refractivity contribution < 1.29 is 17.7 Å². The average Bonchev–Trinajstić information content (AvgIpc) is 3.21. The summed E-state index contributed by atoms with van der Waals surface area (Å²) < 4.78 is 32.2. The number of pyridine rings is 1. The number of anilines is 2. The van der Waals surface area contributed by atoms with Crippen LogP contribution in [0.5, 0.6) is 0 Å². The van der Waals surface area contributed by atoms with E-state index in [1.165, 1.54) is 42.1 Å². The zero-order valence-electron chi connectivity index (χ0n) is 19.0. The fourth-order valence-corrected chi connectivity index (χ4v) is 5.05. The van der Waals surface area contributed by atoms with Gasteiger partial charge in [-0.15, -0.1) is 0 Å². The summed E-state index contributed by atoms with van der Waals surface area (Å²) in [6, 6.07) is 13.0. The number of carbonyl (C=O) groups excluding carboxylic acids is 1. The molecule has 178 valence electrons. The average molecular weight is 500 g/mol. The first-order chi connectivity index (χ1) is 16.2. The van der Waals surface area contributed by atoms with Crippen LogP contribution in [0.2, 0.25) is 0 Å². The van der Waals surface area contributed by atoms with Crippen LogP contribution in [-0.2, 0) is 21.2 Å². The molecule has 0 aliphatic carbocycles. The van der Waals surface area contributed by atoms with Gasteiger partial charge in [-0.25, -0.2) is 13.4 Å². The molecular weight excluding hydrogens is 474 g/mol. The van der Waals surface area contributed by atoms with Crippen molar-refractivity contribution in [3.05, 3.63) is 59.5 Å². The van der Waals surface area contributed by atoms with Crippen molar-refractivity contribution >= 4 is 39.2 Å². The highest BCUT2D eigenvalue weighted by atomic mass is 32.2. The number of nitrogens with one attached hydrogen (secondary N) is 2. The van der Waals surface area contributed by atoms with Crippen LogP contribution in [0.25, 0.3) is 0 Å². The third kappa shape index (κ3) is 6.36. The Morgan fingerprint density at radius 3 is 2.53 bits per heavy atom. The third-order valence-electron chi connectivity index (χ3n) is 4.76. The van der Waals surface area contributed by atoms with Gasteiger partial charge >= 0.3 is 0 Å². The molecule has 0 radical (unpaired) electrons. The lowest BCUT2D eigenvalue weighted by Gasteiger charge is -2.16. The number of aromatic nitrogens is 2. The molecule has 0 spiro atoms. The highest BCUT2D eigenvalue weighted by molar-refractivity contribution is 8.00. The van der Waals surface area contributed by atoms with Gasteiger partial charge in [0.25, 0.3) is 10.0 Å². The minimum absolute atomic E-state index is 0.0168. The lowest BCUT2D eigenvalue weighted by molar-refractivity contribution is -0.115. The summed E-state index contributed by atoms with van der Waals surface area (Å²) >= 11 is 1.25. The topological polar surface area (TPSA) is 138 Å². The Bertz CT molecular complexity index is 1300. The van der Waals surface area contributed by atoms with Gasteiger partial charge in [0, 0.05) is 17.4 Å². The monoisotopic (exact) mass is 499 g/mol. The van der Waals surface area contributed by atoms with Gasteiger partial charge in [-0.3, -0.25) is 9.52 Å². The molecule has 0 saturated heterocycles. The molecule has 1 atom stereocenters. The smallest absolute Gasteiger partial charge is 0.263 e. The van der Waals surface area contributed by atoms with Crippen LogP contribution in [0.4, 0.5) is 11.5 Å². The van der Waals surface area contributed by atoms with E-state index in [0.717, 1.165) is 18.5 Å². The van der Waals surface area contributed by atoms with Crippen molar-refractivity contribution in [2.75, 3.05) is 10.0 Å². The van der Waals surface area contributed by atoms with Crippen molar-refractivity contribution in [2.45, 2.75) is 55.2 Å². The molecule has 0 fully saturated rings. The summed E-state index contributed by atoms with van der Waals surface area (Å²) in [5.74, 6) is 0.310. The second kappa shape index (κ2) is 11.2. The Morgan fingerprint density at radius 2 is 1.94 bits per heavy atom. The standard InChI is InChI=1S/C23H25N5O4S2/c1-4-6-17-8-7-16(14-24)23(26-17)33-20(5-2)22(29)25-18-9-11-19(12-10-18)34(30,31)28-21-13-15(3)32-27-21/h7-13,20H,4-6H2,1-3H3,(H,25,29)(H,27,28). The fourth-order valence-electron chi connectivity index (χ4n) is 3.06. The number of sulfonamides is 1. The van der Waals surface area contributed by atoms with Gasteiger partial charge in [0.15, 0.2) is 5.82 Å². The highest BCUT2D eigenvalue weighted by Crippen LogP contribution is 2.28. The van der Waals surface area contributed by atoms with E-state index in [-0.39, 0.29) is 16.6 Å². The summed E-state index contributed by atoms with van der Waals surface area (Å²) in [5.41, 5.74) is 1.76. The number of hydrogen-bond acceptors (Lipinski definition) is 8. The van der Waals surface area contributed by atoms with E-state index in [0.29, 0.717) is 28.5 Å². The van der Waals surface area contributed by atoms with Crippen molar-refractivity contribution in [1.82, 2.24) is 10.1 Å². The molecule has 9 nitrogen and oxygen atoms in total. The summed E-state index contributed by atoms with van der Waals surface area (Å²) in [6.45, 7) is 5.59. The normalized spacial score (nSPS) is 12.1. The van der Waals surface area contributed by atoms with Crippen LogP contribution in [0, 0.1) is 18.3 Å². The van der Waals surface area contributed by atoms with E-state index in [1.54, 1.807) is 13.0 Å². The van der Waals surface area contributed by atoms with E-state index in [4.69, 9.17) is 4.52 Å². The first-order valence-electron chi connectivity index (χ1n) is 10.7. The van der Waals surface area contributed by atoms with E-state index >= 15 is 0 Å². The predicted molar refractivity (Wildman–Crippen MR) is 130 cm³/mol. The number of amides is 1. The maximum Gasteiger partial charge on any atom is 0.263 e. The molecule has 2 aromatic heterocycles. The SMILES string of the molecule is CCCc1ccc(C#N)c(SC(CC)C(=O)Nc2ccc(S(=O)(=O)Nc3cc(C)on3)cc2)n1. The second-order valence-corrected chi connectivity index (χ2v) is 10.3. The quantitative estimate of drug-likeness (QED) is 0.389. The second-order valence-electron chi connectivity index (χ2n) is 7.47. The number of thioether (sulfide) groups is 1. The number of nitrogens with zero attached hydrogens (tertiary/aromatic N) is 3.